The van der Waals surface area contributed by atoms with Crippen molar-refractivity contribution in [3.8, 4) is 0 Å². The second-order valence-electron chi connectivity index (χ2n) is 5.62. The van der Waals surface area contributed by atoms with Crippen LogP contribution in [0.2, 0.25) is 0 Å². The van der Waals surface area contributed by atoms with Gasteiger partial charge in [0.1, 0.15) is 6.04 Å². The summed E-state index contributed by atoms with van der Waals surface area (Å²) in [6, 6.07) is 0.453. The number of nitrogens with one attached hydrogen (secondary N) is 1. The summed E-state index contributed by atoms with van der Waals surface area (Å²) in [5, 5.41) is 3.30. The zero-order chi connectivity index (χ0) is 12.5. The smallest absolute Gasteiger partial charge is 0.242 e. The van der Waals surface area contributed by atoms with Crippen LogP contribution in [0.3, 0.4) is 0 Å². The van der Waals surface area contributed by atoms with Crippen LogP contribution in [-0.2, 0) is 9.53 Å². The van der Waals surface area contributed by atoms with Crippen molar-refractivity contribution in [2.45, 2.75) is 38.0 Å². The van der Waals surface area contributed by atoms with Gasteiger partial charge in [0, 0.05) is 32.2 Å². The molecule has 0 radical (unpaired) electrons. The van der Waals surface area contributed by atoms with Crippen molar-refractivity contribution in [3.05, 3.63) is 0 Å². The topological polar surface area (TPSA) is 44.8 Å². The average Bonchev–Trinajstić information content (AvgIpc) is 2.85. The third-order valence-corrected chi connectivity index (χ3v) is 4.48. The lowest BCUT2D eigenvalue weighted by atomic mass is 10.1. The Kier molecular flexibility index (Phi) is 7.01. The molecule has 118 valence electrons. The maximum atomic E-state index is 12.5. The summed E-state index contributed by atoms with van der Waals surface area (Å²) in [6.07, 6.45) is 2.52. The standard InChI is InChI=1S/C13H23N3O2.2ClH/c1-10-12(14-4-8-18-10)13(17)16-7-6-15-5-2-3-11(15)9-16;;/h10-12,14H,2-9H2,1H3;2*1H/t10-,11?,12+;;/m1../s1. The van der Waals surface area contributed by atoms with Crippen LogP contribution in [0.5, 0.6) is 0 Å². The van der Waals surface area contributed by atoms with Crippen LogP contribution in [0.4, 0.5) is 0 Å². The van der Waals surface area contributed by atoms with Gasteiger partial charge in [-0.1, -0.05) is 0 Å². The molecule has 0 aliphatic carbocycles. The molecule has 0 aromatic heterocycles. The second-order valence-corrected chi connectivity index (χ2v) is 5.62. The highest BCUT2D eigenvalue weighted by Crippen LogP contribution is 2.22. The first-order valence-corrected chi connectivity index (χ1v) is 7.13. The molecule has 3 rings (SSSR count). The Morgan fingerprint density at radius 1 is 1.25 bits per heavy atom. The van der Waals surface area contributed by atoms with Gasteiger partial charge in [-0.05, 0) is 26.3 Å². The highest BCUT2D eigenvalue weighted by atomic mass is 35.5. The molecule has 3 fully saturated rings. The minimum absolute atomic E-state index is 0. The fourth-order valence-corrected chi connectivity index (χ4v) is 3.40. The monoisotopic (exact) mass is 325 g/mol. The molecule has 5 nitrogen and oxygen atoms in total. The van der Waals surface area contributed by atoms with Crippen LogP contribution in [0.15, 0.2) is 0 Å². The number of piperazine rings is 1. The Morgan fingerprint density at radius 2 is 2.05 bits per heavy atom. The van der Waals surface area contributed by atoms with Crippen molar-refractivity contribution in [3.63, 3.8) is 0 Å². The van der Waals surface area contributed by atoms with Crippen LogP contribution in [0.1, 0.15) is 19.8 Å². The van der Waals surface area contributed by atoms with Crippen molar-refractivity contribution in [1.82, 2.24) is 15.1 Å². The highest BCUT2D eigenvalue weighted by molar-refractivity contribution is 5.85. The molecule has 3 aliphatic rings. The molecule has 0 bridgehead atoms. The van der Waals surface area contributed by atoms with Crippen molar-refractivity contribution in [2.75, 3.05) is 39.3 Å². The van der Waals surface area contributed by atoms with Gasteiger partial charge in [0.15, 0.2) is 0 Å². The van der Waals surface area contributed by atoms with E-state index in [2.05, 4.69) is 10.2 Å². The molecule has 0 aromatic carbocycles. The number of amides is 1. The predicted octanol–water partition coefficient (Wildman–Crippen LogP) is 0.513. The zero-order valence-corrected chi connectivity index (χ0v) is 13.5. The number of nitrogens with zero attached hydrogens (tertiary/aromatic N) is 2. The van der Waals surface area contributed by atoms with Gasteiger partial charge in [0.2, 0.25) is 5.91 Å². The first-order chi connectivity index (χ1) is 8.75. The number of hydrogen-bond acceptors (Lipinski definition) is 4. The number of ether oxygens (including phenoxy) is 1. The lowest BCUT2D eigenvalue weighted by Crippen LogP contribution is -2.60. The third kappa shape index (κ3) is 3.57. The van der Waals surface area contributed by atoms with E-state index in [0.29, 0.717) is 12.6 Å². The van der Waals surface area contributed by atoms with E-state index in [9.17, 15) is 4.79 Å². The molecule has 0 saturated carbocycles. The summed E-state index contributed by atoms with van der Waals surface area (Å²) < 4.78 is 5.57. The summed E-state index contributed by atoms with van der Waals surface area (Å²) in [5.41, 5.74) is 0. The van der Waals surface area contributed by atoms with Crippen molar-refractivity contribution >= 4 is 30.7 Å². The molecule has 20 heavy (non-hydrogen) atoms. The van der Waals surface area contributed by atoms with Crippen LogP contribution >= 0.6 is 24.8 Å². The van der Waals surface area contributed by atoms with E-state index in [1.807, 2.05) is 11.8 Å². The average molecular weight is 326 g/mol. The molecule has 1 amide bonds. The molecular weight excluding hydrogens is 301 g/mol. The van der Waals surface area contributed by atoms with Gasteiger partial charge in [-0.2, -0.15) is 0 Å². The number of carbonyl (C=O) groups is 1. The van der Waals surface area contributed by atoms with Crippen LogP contribution in [-0.4, -0.2) is 73.2 Å². The van der Waals surface area contributed by atoms with E-state index in [1.54, 1.807) is 0 Å². The maximum absolute atomic E-state index is 12.5. The highest BCUT2D eigenvalue weighted by Gasteiger charge is 2.37. The van der Waals surface area contributed by atoms with Gasteiger partial charge < -0.3 is 15.0 Å². The maximum Gasteiger partial charge on any atom is 0.242 e. The number of hydrogen-bond donors (Lipinski definition) is 1. The molecule has 3 atom stereocenters. The first-order valence-electron chi connectivity index (χ1n) is 7.13. The first kappa shape index (κ1) is 18.0. The largest absolute Gasteiger partial charge is 0.375 e. The van der Waals surface area contributed by atoms with E-state index in [0.717, 1.165) is 26.2 Å². The Bertz CT molecular complexity index is 333. The van der Waals surface area contributed by atoms with E-state index in [-0.39, 0.29) is 42.9 Å². The molecule has 3 aliphatic heterocycles. The fourth-order valence-electron chi connectivity index (χ4n) is 3.40. The van der Waals surface area contributed by atoms with Crippen LogP contribution in [0, 0.1) is 0 Å². The number of rotatable bonds is 1. The Morgan fingerprint density at radius 3 is 2.80 bits per heavy atom. The molecule has 0 spiro atoms. The van der Waals surface area contributed by atoms with Gasteiger partial charge in [-0.3, -0.25) is 9.69 Å². The molecule has 3 heterocycles. The lowest BCUT2D eigenvalue weighted by Gasteiger charge is -2.40. The minimum Gasteiger partial charge on any atom is -0.375 e. The van der Waals surface area contributed by atoms with E-state index in [4.69, 9.17) is 4.74 Å². The van der Waals surface area contributed by atoms with Gasteiger partial charge in [0.05, 0.1) is 12.7 Å². The molecule has 1 N–H and O–H groups in total. The summed E-state index contributed by atoms with van der Waals surface area (Å²) >= 11 is 0. The Hall–Kier alpha value is -0.0700. The number of halogens is 2. The quantitative estimate of drug-likeness (QED) is 0.763. The van der Waals surface area contributed by atoms with Gasteiger partial charge in [0.25, 0.3) is 0 Å². The van der Waals surface area contributed by atoms with Crippen molar-refractivity contribution in [2.24, 2.45) is 0 Å². The van der Waals surface area contributed by atoms with E-state index >= 15 is 0 Å². The summed E-state index contributed by atoms with van der Waals surface area (Å²) in [6.45, 7) is 7.52. The number of fused-ring (bicyclic) bond motifs is 1. The fraction of sp³-hybridized carbons (Fsp3) is 0.923. The number of carbonyl (C=O) groups excluding carboxylic acids is 1. The lowest BCUT2D eigenvalue weighted by molar-refractivity contribution is -0.142. The van der Waals surface area contributed by atoms with E-state index in [1.165, 1.54) is 19.4 Å². The van der Waals surface area contributed by atoms with Crippen LogP contribution in [0.25, 0.3) is 0 Å². The Labute approximate surface area is 133 Å². The molecule has 7 heteroatoms. The zero-order valence-electron chi connectivity index (χ0n) is 11.9. The third-order valence-electron chi connectivity index (χ3n) is 4.48. The van der Waals surface area contributed by atoms with Crippen molar-refractivity contribution in [1.29, 1.82) is 0 Å². The predicted molar refractivity (Wildman–Crippen MR) is 82.9 cm³/mol. The summed E-state index contributed by atoms with van der Waals surface area (Å²) in [7, 11) is 0. The minimum atomic E-state index is -0.147. The van der Waals surface area contributed by atoms with E-state index < -0.39 is 0 Å². The molecular formula is C13H25Cl2N3O2. The van der Waals surface area contributed by atoms with Gasteiger partial charge >= 0.3 is 0 Å². The molecule has 1 unspecified atom stereocenters. The summed E-state index contributed by atoms with van der Waals surface area (Å²) in [4.78, 5) is 17.1. The van der Waals surface area contributed by atoms with Gasteiger partial charge in [-0.25, -0.2) is 0 Å². The Balaban J connectivity index is 0.000001000. The van der Waals surface area contributed by atoms with Crippen molar-refractivity contribution < 1.29 is 9.53 Å². The van der Waals surface area contributed by atoms with Gasteiger partial charge in [-0.15, -0.1) is 24.8 Å². The normalized spacial score (nSPS) is 33.9. The molecule has 3 saturated heterocycles. The summed E-state index contributed by atoms with van der Waals surface area (Å²) in [5.74, 6) is 0.230. The molecule has 0 aromatic rings. The second kappa shape index (κ2) is 7.80. The van der Waals surface area contributed by atoms with Crippen LogP contribution < -0.4 is 5.32 Å². The SMILES string of the molecule is C[C@H]1OCCN[C@@H]1C(=O)N1CCN2CCCC2C1.Cl.Cl. The number of morpholine rings is 1.